The Morgan fingerprint density at radius 2 is 2.00 bits per heavy atom. The molecule has 6 heteroatoms. The van der Waals surface area contributed by atoms with Crippen LogP contribution in [-0.4, -0.2) is 19.9 Å². The summed E-state index contributed by atoms with van der Waals surface area (Å²) >= 11 is 6.05. The highest BCUT2D eigenvalue weighted by Crippen LogP contribution is 2.31. The molecule has 1 N–H and O–H groups in total. The predicted molar refractivity (Wildman–Crippen MR) is 71.3 cm³/mol. The van der Waals surface area contributed by atoms with Gasteiger partial charge in [-0.1, -0.05) is 11.6 Å². The van der Waals surface area contributed by atoms with Gasteiger partial charge in [-0.25, -0.2) is 4.39 Å². The lowest BCUT2D eigenvalue weighted by molar-refractivity contribution is 0.250. The molecule has 0 amide bonds. The Hall–Kier alpha value is -1.46. The first-order valence-corrected chi connectivity index (χ1v) is 6.23. The van der Waals surface area contributed by atoms with E-state index >= 15 is 0 Å². The maximum absolute atomic E-state index is 13.1. The molecule has 0 atom stereocenters. The summed E-state index contributed by atoms with van der Waals surface area (Å²) in [5, 5.41) is 17.6. The number of aromatic nitrogens is 3. The zero-order valence-corrected chi connectivity index (χ0v) is 11.7. The van der Waals surface area contributed by atoms with Crippen LogP contribution < -0.4 is 0 Å². The zero-order valence-electron chi connectivity index (χ0n) is 11.0. The van der Waals surface area contributed by atoms with Crippen molar-refractivity contribution in [1.29, 1.82) is 0 Å². The summed E-state index contributed by atoms with van der Waals surface area (Å²) in [6, 6.07) is 4.11. The fraction of sp³-hybridized carbons (Fsp3) is 0.385. The first kappa shape index (κ1) is 14.0. The average Bonchev–Trinajstić information content (AvgIpc) is 2.72. The molecular weight excluding hydrogens is 269 g/mol. The van der Waals surface area contributed by atoms with Gasteiger partial charge >= 0.3 is 0 Å². The molecule has 0 spiro atoms. The molecule has 4 nitrogen and oxygen atoms in total. The molecule has 2 aromatic rings. The lowest BCUT2D eigenvalue weighted by Crippen LogP contribution is -2.25. The summed E-state index contributed by atoms with van der Waals surface area (Å²) in [5.41, 5.74) is 0.263. The molecule has 1 heterocycles. The van der Waals surface area contributed by atoms with Crippen molar-refractivity contribution in [3.8, 4) is 11.4 Å². The minimum atomic E-state index is -0.405. The number of aliphatic hydroxyl groups excluding tert-OH is 1. The first-order chi connectivity index (χ1) is 8.84. The van der Waals surface area contributed by atoms with Crippen molar-refractivity contribution >= 4 is 11.6 Å². The van der Waals surface area contributed by atoms with Crippen molar-refractivity contribution < 1.29 is 9.50 Å². The van der Waals surface area contributed by atoms with Crippen LogP contribution in [0.4, 0.5) is 4.39 Å². The molecule has 0 aliphatic rings. The molecule has 1 aromatic heterocycles. The standard InChI is InChI=1S/C13H15ClFN3O/c1-13(2,3)18-11(7-19)16-17-12(18)9-5-4-8(15)6-10(9)14/h4-6,19H,7H2,1-3H3. The van der Waals surface area contributed by atoms with Crippen LogP contribution in [0.15, 0.2) is 18.2 Å². The Morgan fingerprint density at radius 1 is 1.32 bits per heavy atom. The van der Waals surface area contributed by atoms with Gasteiger partial charge in [-0.3, -0.25) is 0 Å². The van der Waals surface area contributed by atoms with E-state index < -0.39 is 5.82 Å². The van der Waals surface area contributed by atoms with Gasteiger partial charge in [-0.2, -0.15) is 0 Å². The van der Waals surface area contributed by atoms with Crippen LogP contribution in [0.25, 0.3) is 11.4 Å². The van der Waals surface area contributed by atoms with Crippen LogP contribution in [0.3, 0.4) is 0 Å². The normalized spacial score (nSPS) is 11.9. The van der Waals surface area contributed by atoms with Gasteiger partial charge in [0.15, 0.2) is 11.6 Å². The lowest BCUT2D eigenvalue weighted by Gasteiger charge is -2.24. The van der Waals surface area contributed by atoms with Crippen molar-refractivity contribution in [2.45, 2.75) is 32.9 Å². The Bertz CT molecular complexity index is 604. The van der Waals surface area contributed by atoms with E-state index in [4.69, 9.17) is 11.6 Å². The van der Waals surface area contributed by atoms with E-state index in [1.807, 2.05) is 20.8 Å². The van der Waals surface area contributed by atoms with Crippen molar-refractivity contribution in [2.24, 2.45) is 0 Å². The van der Waals surface area contributed by atoms with E-state index in [1.165, 1.54) is 12.1 Å². The predicted octanol–water partition coefficient (Wildman–Crippen LogP) is 2.98. The highest BCUT2D eigenvalue weighted by Gasteiger charge is 2.24. The highest BCUT2D eigenvalue weighted by molar-refractivity contribution is 6.33. The number of rotatable bonds is 2. The highest BCUT2D eigenvalue weighted by atomic mass is 35.5. The van der Waals surface area contributed by atoms with Crippen LogP contribution in [-0.2, 0) is 12.1 Å². The summed E-state index contributed by atoms with van der Waals surface area (Å²) < 4.78 is 14.9. The van der Waals surface area contributed by atoms with E-state index in [9.17, 15) is 9.50 Å². The van der Waals surface area contributed by atoms with Crippen LogP contribution >= 0.6 is 11.6 Å². The monoisotopic (exact) mass is 283 g/mol. The van der Waals surface area contributed by atoms with Crippen molar-refractivity contribution in [3.05, 3.63) is 34.9 Å². The summed E-state index contributed by atoms with van der Waals surface area (Å²) in [7, 11) is 0. The van der Waals surface area contributed by atoms with Crippen molar-refractivity contribution in [1.82, 2.24) is 14.8 Å². The lowest BCUT2D eigenvalue weighted by atomic mass is 10.1. The Balaban J connectivity index is 2.66. The first-order valence-electron chi connectivity index (χ1n) is 5.85. The molecule has 0 bridgehead atoms. The molecule has 19 heavy (non-hydrogen) atoms. The van der Waals surface area contributed by atoms with Crippen LogP contribution in [0.5, 0.6) is 0 Å². The smallest absolute Gasteiger partial charge is 0.166 e. The second kappa shape index (κ2) is 4.90. The zero-order chi connectivity index (χ0) is 14.2. The molecule has 2 rings (SSSR count). The average molecular weight is 284 g/mol. The van der Waals surface area contributed by atoms with E-state index in [0.717, 1.165) is 0 Å². The number of benzene rings is 1. The van der Waals surface area contributed by atoms with Crippen molar-refractivity contribution in [3.63, 3.8) is 0 Å². The molecule has 102 valence electrons. The molecule has 0 aliphatic carbocycles. The van der Waals surface area contributed by atoms with Crippen LogP contribution in [0, 0.1) is 5.82 Å². The fourth-order valence-corrected chi connectivity index (χ4v) is 2.22. The van der Waals surface area contributed by atoms with E-state index in [0.29, 0.717) is 17.2 Å². The summed E-state index contributed by atoms with van der Waals surface area (Å²) in [6.45, 7) is 5.69. The van der Waals surface area contributed by atoms with Gasteiger partial charge < -0.3 is 9.67 Å². The summed E-state index contributed by atoms with van der Waals surface area (Å²) in [6.07, 6.45) is 0. The SMILES string of the molecule is CC(C)(C)n1c(CO)nnc1-c1ccc(F)cc1Cl. The number of hydrogen-bond donors (Lipinski definition) is 1. The van der Waals surface area contributed by atoms with Gasteiger partial charge in [0, 0.05) is 11.1 Å². The molecule has 0 saturated carbocycles. The minimum absolute atomic E-state index is 0.219. The third-order valence-electron chi connectivity index (χ3n) is 2.71. The maximum Gasteiger partial charge on any atom is 0.166 e. The van der Waals surface area contributed by atoms with E-state index in [2.05, 4.69) is 10.2 Å². The van der Waals surface area contributed by atoms with Crippen molar-refractivity contribution in [2.75, 3.05) is 0 Å². The number of aliphatic hydroxyl groups is 1. The summed E-state index contributed by atoms with van der Waals surface area (Å²) in [5.74, 6) is 0.558. The summed E-state index contributed by atoms with van der Waals surface area (Å²) in [4.78, 5) is 0. The third kappa shape index (κ3) is 2.62. The fourth-order valence-electron chi connectivity index (χ4n) is 1.97. The van der Waals surface area contributed by atoms with Gasteiger partial charge in [0.25, 0.3) is 0 Å². The second-order valence-electron chi connectivity index (χ2n) is 5.23. The molecular formula is C13H15ClFN3O. The van der Waals surface area contributed by atoms with E-state index in [-0.39, 0.29) is 17.2 Å². The molecule has 0 aliphatic heterocycles. The minimum Gasteiger partial charge on any atom is -0.388 e. The second-order valence-corrected chi connectivity index (χ2v) is 5.64. The quantitative estimate of drug-likeness (QED) is 0.922. The number of nitrogens with zero attached hydrogens (tertiary/aromatic N) is 3. The van der Waals surface area contributed by atoms with Crippen LogP contribution in [0.2, 0.25) is 5.02 Å². The molecule has 0 saturated heterocycles. The molecule has 0 unspecified atom stereocenters. The van der Waals surface area contributed by atoms with Gasteiger partial charge in [0.2, 0.25) is 0 Å². The Morgan fingerprint density at radius 3 is 2.53 bits per heavy atom. The Kier molecular flexibility index (Phi) is 3.60. The van der Waals surface area contributed by atoms with Gasteiger partial charge in [-0.15, -0.1) is 10.2 Å². The topological polar surface area (TPSA) is 50.9 Å². The van der Waals surface area contributed by atoms with Gasteiger partial charge in [0.1, 0.15) is 12.4 Å². The van der Waals surface area contributed by atoms with Gasteiger partial charge in [-0.05, 0) is 39.0 Å². The molecule has 0 radical (unpaired) electrons. The van der Waals surface area contributed by atoms with Crippen LogP contribution in [0.1, 0.15) is 26.6 Å². The number of halogens is 2. The van der Waals surface area contributed by atoms with Gasteiger partial charge in [0.05, 0.1) is 5.02 Å². The van der Waals surface area contributed by atoms with E-state index in [1.54, 1.807) is 10.6 Å². The Labute approximate surface area is 115 Å². The molecule has 0 fully saturated rings. The third-order valence-corrected chi connectivity index (χ3v) is 3.03. The maximum atomic E-state index is 13.1. The largest absolute Gasteiger partial charge is 0.388 e. The molecule has 1 aromatic carbocycles. The number of hydrogen-bond acceptors (Lipinski definition) is 3.